The van der Waals surface area contributed by atoms with Gasteiger partial charge in [-0.1, -0.05) is 29.8 Å². The minimum atomic E-state index is -0.397. The average molecular weight is 424 g/mol. The molecule has 0 radical (unpaired) electrons. The highest BCUT2D eigenvalue weighted by molar-refractivity contribution is 6.31. The molecule has 3 rings (SSSR count). The Morgan fingerprint density at radius 1 is 0.967 bits per heavy atom. The molecular weight excluding hydrogens is 402 g/mol. The van der Waals surface area contributed by atoms with Gasteiger partial charge in [-0.3, -0.25) is 25.4 Å². The van der Waals surface area contributed by atoms with Gasteiger partial charge in [-0.05, 0) is 66.9 Å². The van der Waals surface area contributed by atoms with Crippen molar-refractivity contribution in [3.8, 4) is 5.75 Å². The second-order valence-electron chi connectivity index (χ2n) is 6.88. The van der Waals surface area contributed by atoms with Gasteiger partial charge in [-0.15, -0.1) is 0 Å². The molecule has 1 aromatic heterocycles. The van der Waals surface area contributed by atoms with Crippen molar-refractivity contribution in [3.63, 3.8) is 0 Å². The van der Waals surface area contributed by atoms with Crippen molar-refractivity contribution in [2.24, 2.45) is 0 Å². The molecule has 3 aromatic rings. The van der Waals surface area contributed by atoms with Gasteiger partial charge in [0.2, 0.25) is 5.91 Å². The van der Waals surface area contributed by atoms with Crippen LogP contribution in [0.5, 0.6) is 5.75 Å². The summed E-state index contributed by atoms with van der Waals surface area (Å²) < 4.78 is 5.75. The molecule has 7 heteroatoms. The first-order valence-electron chi connectivity index (χ1n) is 9.39. The monoisotopic (exact) mass is 423 g/mol. The fourth-order valence-corrected chi connectivity index (χ4v) is 2.77. The first-order valence-corrected chi connectivity index (χ1v) is 9.77. The molecule has 0 atom stereocenters. The Morgan fingerprint density at radius 2 is 1.70 bits per heavy atom. The molecule has 154 valence electrons. The number of carbonyl (C=O) groups is 2. The van der Waals surface area contributed by atoms with Gasteiger partial charge in [0, 0.05) is 22.5 Å². The third-order valence-electron chi connectivity index (χ3n) is 4.40. The van der Waals surface area contributed by atoms with Gasteiger partial charge in [0.15, 0.2) is 0 Å². The van der Waals surface area contributed by atoms with Crippen LogP contribution in [0.25, 0.3) is 0 Å². The highest BCUT2D eigenvalue weighted by atomic mass is 35.5. The largest absolute Gasteiger partial charge is 0.489 e. The van der Waals surface area contributed by atoms with Crippen molar-refractivity contribution in [3.05, 3.63) is 93.8 Å². The zero-order chi connectivity index (χ0) is 21.5. The lowest BCUT2D eigenvalue weighted by molar-refractivity contribution is -0.121. The molecule has 0 aliphatic rings. The van der Waals surface area contributed by atoms with E-state index in [0.29, 0.717) is 17.2 Å². The normalized spacial score (nSPS) is 10.4. The molecule has 0 aliphatic carbocycles. The van der Waals surface area contributed by atoms with E-state index in [-0.39, 0.29) is 12.3 Å². The predicted molar refractivity (Wildman–Crippen MR) is 115 cm³/mol. The number of aromatic nitrogens is 1. The number of pyridine rings is 1. The number of nitrogens with zero attached hydrogens (tertiary/aromatic N) is 1. The number of halogens is 1. The zero-order valence-electron chi connectivity index (χ0n) is 16.7. The highest BCUT2D eigenvalue weighted by Gasteiger charge is 2.09. The SMILES string of the molecule is Cc1ccc(CC(=O)NNC(=O)c2ccc(COc3ccc(Cl)c(C)c3)cc2)cn1. The summed E-state index contributed by atoms with van der Waals surface area (Å²) in [5.74, 6) is 0.00802. The molecule has 2 aromatic carbocycles. The highest BCUT2D eigenvalue weighted by Crippen LogP contribution is 2.21. The Hall–Kier alpha value is -3.38. The third-order valence-corrected chi connectivity index (χ3v) is 4.83. The molecule has 0 spiro atoms. The Balaban J connectivity index is 1.47. The predicted octanol–water partition coefficient (Wildman–Crippen LogP) is 3.93. The quantitative estimate of drug-likeness (QED) is 0.588. The van der Waals surface area contributed by atoms with Crippen LogP contribution in [0.1, 0.15) is 32.7 Å². The van der Waals surface area contributed by atoms with E-state index in [4.69, 9.17) is 16.3 Å². The Morgan fingerprint density at radius 3 is 2.37 bits per heavy atom. The second-order valence-corrected chi connectivity index (χ2v) is 7.29. The van der Waals surface area contributed by atoms with Crippen LogP contribution in [0.15, 0.2) is 60.8 Å². The lowest BCUT2D eigenvalue weighted by Crippen LogP contribution is -2.42. The molecule has 2 amide bonds. The number of hydrogen-bond donors (Lipinski definition) is 2. The molecule has 30 heavy (non-hydrogen) atoms. The smallest absolute Gasteiger partial charge is 0.269 e. The topological polar surface area (TPSA) is 80.3 Å². The minimum Gasteiger partial charge on any atom is -0.489 e. The second kappa shape index (κ2) is 9.89. The third kappa shape index (κ3) is 6.06. The lowest BCUT2D eigenvalue weighted by Gasteiger charge is -2.10. The van der Waals surface area contributed by atoms with Crippen molar-refractivity contribution in [1.29, 1.82) is 0 Å². The molecule has 6 nitrogen and oxygen atoms in total. The van der Waals surface area contributed by atoms with Crippen molar-refractivity contribution < 1.29 is 14.3 Å². The van der Waals surface area contributed by atoms with Crippen LogP contribution in [-0.4, -0.2) is 16.8 Å². The number of hydrogen-bond acceptors (Lipinski definition) is 4. The van der Waals surface area contributed by atoms with Crippen molar-refractivity contribution >= 4 is 23.4 Å². The van der Waals surface area contributed by atoms with Gasteiger partial charge in [0.1, 0.15) is 12.4 Å². The average Bonchev–Trinajstić information content (AvgIpc) is 2.75. The number of amides is 2. The Labute approximate surface area is 180 Å². The van der Waals surface area contributed by atoms with Crippen LogP contribution in [-0.2, 0) is 17.8 Å². The summed E-state index contributed by atoms with van der Waals surface area (Å²) in [5, 5.41) is 0.695. The Kier molecular flexibility index (Phi) is 7.03. The van der Waals surface area contributed by atoms with Crippen LogP contribution in [0.3, 0.4) is 0 Å². The van der Waals surface area contributed by atoms with E-state index >= 15 is 0 Å². The van der Waals surface area contributed by atoms with Gasteiger partial charge in [0.25, 0.3) is 5.91 Å². The standard InChI is InChI=1S/C23H22ClN3O3/c1-15-11-20(9-10-21(15)24)30-14-17-5-7-19(8-6-17)23(29)27-26-22(28)12-18-4-3-16(2)25-13-18/h3-11,13H,12,14H2,1-2H3,(H,26,28)(H,27,29). The van der Waals surface area contributed by atoms with Crippen LogP contribution in [0, 0.1) is 13.8 Å². The summed E-state index contributed by atoms with van der Waals surface area (Å²) in [6.45, 7) is 4.16. The van der Waals surface area contributed by atoms with E-state index in [0.717, 1.165) is 28.1 Å². The van der Waals surface area contributed by atoms with E-state index in [1.807, 2.05) is 38.1 Å². The molecular formula is C23H22ClN3O3. The molecule has 0 aliphatic heterocycles. The van der Waals surface area contributed by atoms with E-state index < -0.39 is 5.91 Å². The van der Waals surface area contributed by atoms with Crippen LogP contribution >= 0.6 is 11.6 Å². The van der Waals surface area contributed by atoms with Crippen molar-refractivity contribution in [2.75, 3.05) is 0 Å². The lowest BCUT2D eigenvalue weighted by atomic mass is 10.1. The molecule has 1 heterocycles. The zero-order valence-corrected chi connectivity index (χ0v) is 17.5. The number of benzene rings is 2. The minimum absolute atomic E-state index is 0.133. The maximum atomic E-state index is 12.2. The van der Waals surface area contributed by atoms with Gasteiger partial charge in [-0.2, -0.15) is 0 Å². The first kappa shape index (κ1) is 21.3. The molecule has 0 saturated heterocycles. The summed E-state index contributed by atoms with van der Waals surface area (Å²) in [6, 6.07) is 16.1. The van der Waals surface area contributed by atoms with E-state index in [2.05, 4.69) is 15.8 Å². The fraction of sp³-hybridized carbons (Fsp3) is 0.174. The maximum absolute atomic E-state index is 12.2. The molecule has 0 fully saturated rings. The molecule has 0 unspecified atom stereocenters. The first-order chi connectivity index (χ1) is 14.4. The van der Waals surface area contributed by atoms with Gasteiger partial charge in [-0.25, -0.2) is 0 Å². The number of nitrogens with one attached hydrogen (secondary N) is 2. The number of rotatable bonds is 6. The maximum Gasteiger partial charge on any atom is 0.269 e. The van der Waals surface area contributed by atoms with E-state index in [9.17, 15) is 9.59 Å². The summed E-state index contributed by atoms with van der Waals surface area (Å²) in [6.07, 6.45) is 1.77. The number of aryl methyl sites for hydroxylation is 2. The summed E-state index contributed by atoms with van der Waals surface area (Å²) in [4.78, 5) is 28.3. The van der Waals surface area contributed by atoms with E-state index in [1.165, 1.54) is 0 Å². The fourth-order valence-electron chi connectivity index (χ4n) is 2.66. The molecule has 0 bridgehead atoms. The Bertz CT molecular complexity index is 1030. The molecule has 2 N–H and O–H groups in total. The van der Waals surface area contributed by atoms with Crippen LogP contribution in [0.4, 0.5) is 0 Å². The van der Waals surface area contributed by atoms with E-state index in [1.54, 1.807) is 36.5 Å². The van der Waals surface area contributed by atoms with Gasteiger partial charge in [0.05, 0.1) is 6.42 Å². The van der Waals surface area contributed by atoms with Crippen molar-refractivity contribution in [2.45, 2.75) is 26.9 Å². The number of hydrazine groups is 1. The molecule has 0 saturated carbocycles. The van der Waals surface area contributed by atoms with Gasteiger partial charge < -0.3 is 4.74 Å². The van der Waals surface area contributed by atoms with Crippen molar-refractivity contribution in [1.82, 2.24) is 15.8 Å². The summed E-state index contributed by atoms with van der Waals surface area (Å²) in [7, 11) is 0. The summed E-state index contributed by atoms with van der Waals surface area (Å²) >= 11 is 6.01. The van der Waals surface area contributed by atoms with Gasteiger partial charge >= 0.3 is 0 Å². The number of ether oxygens (including phenoxy) is 1. The van der Waals surface area contributed by atoms with Crippen LogP contribution in [0.2, 0.25) is 5.02 Å². The summed E-state index contributed by atoms with van der Waals surface area (Å²) in [5.41, 5.74) is 8.77. The van der Waals surface area contributed by atoms with Crippen LogP contribution < -0.4 is 15.6 Å². The number of carbonyl (C=O) groups excluding carboxylic acids is 2.